The van der Waals surface area contributed by atoms with Crippen LogP contribution in [0.2, 0.25) is 0 Å². The molecule has 8 heteroatoms. The van der Waals surface area contributed by atoms with E-state index in [0.29, 0.717) is 17.2 Å². The highest BCUT2D eigenvalue weighted by molar-refractivity contribution is 6.52. The van der Waals surface area contributed by atoms with Gasteiger partial charge in [0.15, 0.2) is 0 Å². The highest BCUT2D eigenvalue weighted by Crippen LogP contribution is 2.32. The van der Waals surface area contributed by atoms with Crippen LogP contribution in [0.1, 0.15) is 21.8 Å². The maximum atomic E-state index is 12.6. The van der Waals surface area contributed by atoms with Crippen LogP contribution in [0.5, 0.6) is 0 Å². The topological polar surface area (TPSA) is 105 Å². The third kappa shape index (κ3) is 4.14. The molecule has 8 nitrogen and oxygen atoms in total. The Labute approximate surface area is 188 Å². The number of hydrogen-bond acceptors (Lipinski definition) is 6. The summed E-state index contributed by atoms with van der Waals surface area (Å²) in [6.07, 6.45) is 0.206. The fourth-order valence-corrected chi connectivity index (χ4v) is 3.68. The molecule has 0 fully saturated rings. The van der Waals surface area contributed by atoms with Crippen molar-refractivity contribution in [3.8, 4) is 11.4 Å². The van der Waals surface area contributed by atoms with Crippen molar-refractivity contribution in [1.29, 1.82) is 0 Å². The van der Waals surface area contributed by atoms with Crippen LogP contribution in [-0.2, 0) is 22.6 Å². The summed E-state index contributed by atoms with van der Waals surface area (Å²) in [7, 11) is 0. The molecule has 33 heavy (non-hydrogen) atoms. The average Bonchev–Trinajstić information content (AvgIpc) is 3.40. The number of carbonyl (C=O) groups is 3. The largest absolute Gasteiger partial charge is 0.337 e. The molecule has 1 N–H and O–H groups in total. The van der Waals surface area contributed by atoms with Crippen molar-refractivity contribution >= 4 is 29.0 Å². The lowest BCUT2D eigenvalue weighted by atomic mass is 10.1. The van der Waals surface area contributed by atoms with Gasteiger partial charge in [0.2, 0.25) is 17.6 Å². The van der Waals surface area contributed by atoms with Gasteiger partial charge >= 0.3 is 0 Å². The number of hydrogen-bond donors (Lipinski definition) is 1. The molecule has 2 amide bonds. The predicted octanol–water partition coefficient (Wildman–Crippen LogP) is 3.65. The summed E-state index contributed by atoms with van der Waals surface area (Å²) < 4.78 is 5.29. The minimum Gasteiger partial charge on any atom is -0.337 e. The first kappa shape index (κ1) is 20.3. The second-order valence-corrected chi connectivity index (χ2v) is 7.54. The molecule has 0 saturated heterocycles. The summed E-state index contributed by atoms with van der Waals surface area (Å²) in [4.78, 5) is 43.2. The second kappa shape index (κ2) is 8.51. The molecule has 0 radical (unpaired) electrons. The first-order valence-electron chi connectivity index (χ1n) is 10.3. The number of carbonyl (C=O) groups excluding carboxylic acids is 3. The van der Waals surface area contributed by atoms with E-state index < -0.39 is 11.7 Å². The van der Waals surface area contributed by atoms with Crippen LogP contribution in [0.25, 0.3) is 11.4 Å². The Morgan fingerprint density at radius 2 is 1.67 bits per heavy atom. The fraction of sp³-hybridized carbons (Fsp3) is 0.0800. The van der Waals surface area contributed by atoms with Crippen LogP contribution in [0.4, 0.5) is 11.4 Å². The van der Waals surface area contributed by atoms with E-state index in [-0.39, 0.29) is 30.3 Å². The predicted molar refractivity (Wildman–Crippen MR) is 120 cm³/mol. The van der Waals surface area contributed by atoms with E-state index in [1.807, 2.05) is 60.7 Å². The number of nitrogens with zero attached hydrogens (tertiary/aromatic N) is 3. The van der Waals surface area contributed by atoms with E-state index >= 15 is 0 Å². The third-order valence-corrected chi connectivity index (χ3v) is 5.26. The molecular weight excluding hydrogens is 420 g/mol. The summed E-state index contributed by atoms with van der Waals surface area (Å²) in [6, 6.07) is 23.4. The number of benzene rings is 3. The molecule has 0 bridgehead atoms. The molecule has 2 heterocycles. The molecule has 5 rings (SSSR count). The van der Waals surface area contributed by atoms with E-state index in [4.69, 9.17) is 4.52 Å². The van der Waals surface area contributed by atoms with E-state index in [2.05, 4.69) is 15.5 Å². The standard InChI is InChI=1S/C25H18N4O4/c30-21(13-16-7-3-1-4-8-16)26-18-11-12-20-19(14-18)23(31)25(32)29(20)15-22-27-24(28-33-22)17-9-5-2-6-10-17/h1-12,14H,13,15H2,(H,26,30). The Bertz CT molecular complexity index is 1350. The van der Waals surface area contributed by atoms with E-state index in [1.165, 1.54) is 11.0 Å². The van der Waals surface area contributed by atoms with Crippen molar-refractivity contribution in [2.24, 2.45) is 0 Å². The molecule has 1 aromatic heterocycles. The number of anilines is 2. The molecule has 0 spiro atoms. The minimum absolute atomic E-state index is 0.0306. The van der Waals surface area contributed by atoms with E-state index in [0.717, 1.165) is 11.1 Å². The molecule has 0 atom stereocenters. The monoisotopic (exact) mass is 438 g/mol. The summed E-state index contributed by atoms with van der Waals surface area (Å²) in [5.74, 6) is -0.929. The van der Waals surface area contributed by atoms with Crippen molar-refractivity contribution in [3.63, 3.8) is 0 Å². The molecule has 0 saturated carbocycles. The number of aromatic nitrogens is 2. The van der Waals surface area contributed by atoms with Crippen LogP contribution in [0, 0.1) is 0 Å². The number of nitrogens with one attached hydrogen (secondary N) is 1. The number of amides is 2. The SMILES string of the molecule is O=C(Cc1ccccc1)Nc1ccc2c(c1)C(=O)C(=O)N2Cc1nc(-c2ccccc2)no1. The highest BCUT2D eigenvalue weighted by atomic mass is 16.5. The normalized spacial score (nSPS) is 12.7. The Morgan fingerprint density at radius 1 is 0.939 bits per heavy atom. The average molecular weight is 438 g/mol. The Hall–Kier alpha value is -4.59. The van der Waals surface area contributed by atoms with Crippen LogP contribution < -0.4 is 10.2 Å². The fourth-order valence-electron chi connectivity index (χ4n) is 3.68. The number of fused-ring (bicyclic) bond motifs is 1. The van der Waals surface area contributed by atoms with E-state index in [9.17, 15) is 14.4 Å². The summed E-state index contributed by atoms with van der Waals surface area (Å²) in [5, 5.41) is 6.73. The Morgan fingerprint density at radius 3 is 2.42 bits per heavy atom. The van der Waals surface area contributed by atoms with Crippen LogP contribution in [-0.4, -0.2) is 27.7 Å². The molecule has 0 unspecified atom stereocenters. The van der Waals surface area contributed by atoms with Crippen molar-refractivity contribution in [2.75, 3.05) is 10.2 Å². The van der Waals surface area contributed by atoms with Crippen molar-refractivity contribution in [3.05, 3.63) is 95.9 Å². The van der Waals surface area contributed by atoms with Gasteiger partial charge in [-0.15, -0.1) is 0 Å². The zero-order chi connectivity index (χ0) is 22.8. The van der Waals surface area contributed by atoms with Gasteiger partial charge in [-0.05, 0) is 23.8 Å². The van der Waals surface area contributed by atoms with Crippen LogP contribution in [0.15, 0.2) is 83.4 Å². The van der Waals surface area contributed by atoms with Gasteiger partial charge < -0.3 is 9.84 Å². The highest BCUT2D eigenvalue weighted by Gasteiger charge is 2.37. The van der Waals surface area contributed by atoms with Gasteiger partial charge in [0.05, 0.1) is 17.7 Å². The van der Waals surface area contributed by atoms with Gasteiger partial charge in [0.25, 0.3) is 11.7 Å². The Kier molecular flexibility index (Phi) is 5.24. The number of Topliss-reactive ketones (excluding diaryl/α,β-unsaturated/α-hetero) is 1. The number of rotatable bonds is 6. The zero-order valence-electron chi connectivity index (χ0n) is 17.4. The van der Waals surface area contributed by atoms with Crippen LogP contribution >= 0.6 is 0 Å². The first-order chi connectivity index (χ1) is 16.1. The van der Waals surface area contributed by atoms with Crippen LogP contribution in [0.3, 0.4) is 0 Å². The molecule has 162 valence electrons. The summed E-state index contributed by atoms with van der Waals surface area (Å²) in [6.45, 7) is -0.0306. The minimum atomic E-state index is -0.683. The summed E-state index contributed by atoms with van der Waals surface area (Å²) >= 11 is 0. The lowest BCUT2D eigenvalue weighted by Gasteiger charge is -2.14. The zero-order valence-corrected chi connectivity index (χ0v) is 17.4. The van der Waals surface area contributed by atoms with Gasteiger partial charge in [0.1, 0.15) is 6.54 Å². The van der Waals surface area contributed by atoms with Gasteiger partial charge in [0, 0.05) is 11.3 Å². The van der Waals surface area contributed by atoms with Crippen molar-refractivity contribution in [2.45, 2.75) is 13.0 Å². The van der Waals surface area contributed by atoms with Gasteiger partial charge in [-0.1, -0.05) is 65.8 Å². The molecule has 3 aromatic carbocycles. The Balaban J connectivity index is 1.32. The maximum absolute atomic E-state index is 12.6. The van der Waals surface area contributed by atoms with Gasteiger partial charge in [-0.25, -0.2) is 0 Å². The third-order valence-electron chi connectivity index (χ3n) is 5.26. The van der Waals surface area contributed by atoms with Crippen molar-refractivity contribution in [1.82, 2.24) is 10.1 Å². The van der Waals surface area contributed by atoms with E-state index in [1.54, 1.807) is 12.1 Å². The quantitative estimate of drug-likeness (QED) is 0.461. The first-order valence-corrected chi connectivity index (χ1v) is 10.3. The summed E-state index contributed by atoms with van der Waals surface area (Å²) in [5.41, 5.74) is 2.77. The molecule has 1 aliphatic rings. The number of ketones is 1. The maximum Gasteiger partial charge on any atom is 0.299 e. The second-order valence-electron chi connectivity index (χ2n) is 7.54. The lowest BCUT2D eigenvalue weighted by Crippen LogP contribution is -2.29. The molecular formula is C25H18N4O4. The van der Waals surface area contributed by atoms with Gasteiger partial charge in [-0.3, -0.25) is 19.3 Å². The molecule has 1 aliphatic heterocycles. The van der Waals surface area contributed by atoms with Gasteiger partial charge in [-0.2, -0.15) is 4.98 Å². The molecule has 0 aliphatic carbocycles. The smallest absolute Gasteiger partial charge is 0.299 e. The lowest BCUT2D eigenvalue weighted by molar-refractivity contribution is -0.115. The van der Waals surface area contributed by atoms with Crippen molar-refractivity contribution < 1.29 is 18.9 Å². The molecule has 4 aromatic rings.